The molecule has 2 aromatic rings. The average molecular weight is 277 g/mol. The maximum atomic E-state index is 6.26. The number of halogens is 1. The molecule has 0 amide bonds. The molecule has 100 valence electrons. The molecule has 0 aliphatic carbocycles. The highest BCUT2D eigenvalue weighted by molar-refractivity contribution is 6.31. The van der Waals surface area contributed by atoms with E-state index in [1.54, 1.807) is 6.20 Å². The van der Waals surface area contributed by atoms with E-state index in [1.807, 2.05) is 50.5 Å². The van der Waals surface area contributed by atoms with Crippen LogP contribution in [0.3, 0.4) is 0 Å². The van der Waals surface area contributed by atoms with Crippen LogP contribution in [0.2, 0.25) is 5.02 Å². The Balaban J connectivity index is 2.37. The molecule has 1 unspecified atom stereocenters. The van der Waals surface area contributed by atoms with Crippen LogP contribution in [0.1, 0.15) is 24.1 Å². The predicted molar refractivity (Wildman–Crippen MR) is 77.8 cm³/mol. The van der Waals surface area contributed by atoms with E-state index in [0.29, 0.717) is 6.61 Å². The Morgan fingerprint density at radius 2 is 2.11 bits per heavy atom. The summed E-state index contributed by atoms with van der Waals surface area (Å²) in [4.78, 5) is 4.22. The van der Waals surface area contributed by atoms with Crippen LogP contribution in [-0.2, 0) is 0 Å². The minimum Gasteiger partial charge on any atom is -0.492 e. The molecular weight excluding hydrogens is 260 g/mol. The Labute approximate surface area is 118 Å². The van der Waals surface area contributed by atoms with Crippen LogP contribution in [0.4, 0.5) is 0 Å². The zero-order chi connectivity index (χ0) is 13.7. The van der Waals surface area contributed by atoms with Gasteiger partial charge in [0, 0.05) is 11.2 Å². The van der Waals surface area contributed by atoms with Crippen molar-refractivity contribution in [3.8, 4) is 5.75 Å². The SMILES string of the molecule is CCOc1cncc(C(NC)c2ccccc2Cl)c1. The van der Waals surface area contributed by atoms with Gasteiger partial charge in [0.2, 0.25) is 0 Å². The molecule has 1 atom stereocenters. The van der Waals surface area contributed by atoms with Gasteiger partial charge in [-0.3, -0.25) is 4.98 Å². The van der Waals surface area contributed by atoms with Gasteiger partial charge in [-0.1, -0.05) is 29.8 Å². The molecule has 1 heterocycles. The van der Waals surface area contributed by atoms with Crippen molar-refractivity contribution in [2.45, 2.75) is 13.0 Å². The second kappa shape index (κ2) is 6.55. The third-order valence-electron chi connectivity index (χ3n) is 2.88. The summed E-state index contributed by atoms with van der Waals surface area (Å²) in [5.41, 5.74) is 2.06. The van der Waals surface area contributed by atoms with E-state index in [1.165, 1.54) is 0 Å². The van der Waals surface area contributed by atoms with E-state index in [2.05, 4.69) is 10.3 Å². The fraction of sp³-hybridized carbons (Fsp3) is 0.267. The third-order valence-corrected chi connectivity index (χ3v) is 3.23. The van der Waals surface area contributed by atoms with Crippen LogP contribution in [0.25, 0.3) is 0 Å². The summed E-state index contributed by atoms with van der Waals surface area (Å²) in [5, 5.41) is 4.00. The van der Waals surface area contributed by atoms with E-state index < -0.39 is 0 Å². The molecule has 0 spiro atoms. The highest BCUT2D eigenvalue weighted by atomic mass is 35.5. The van der Waals surface area contributed by atoms with E-state index >= 15 is 0 Å². The topological polar surface area (TPSA) is 34.1 Å². The number of aromatic nitrogens is 1. The average Bonchev–Trinajstić information content (AvgIpc) is 2.43. The lowest BCUT2D eigenvalue weighted by atomic mass is 10.0. The van der Waals surface area contributed by atoms with Crippen LogP contribution < -0.4 is 10.1 Å². The van der Waals surface area contributed by atoms with Crippen molar-refractivity contribution >= 4 is 11.6 Å². The lowest BCUT2D eigenvalue weighted by Crippen LogP contribution is -2.18. The fourth-order valence-corrected chi connectivity index (χ4v) is 2.29. The van der Waals surface area contributed by atoms with Crippen molar-refractivity contribution in [3.63, 3.8) is 0 Å². The summed E-state index contributed by atoms with van der Waals surface area (Å²) >= 11 is 6.26. The minimum absolute atomic E-state index is 0.00149. The highest BCUT2D eigenvalue weighted by Gasteiger charge is 2.15. The number of rotatable bonds is 5. The molecule has 4 heteroatoms. The van der Waals surface area contributed by atoms with Crippen molar-refractivity contribution in [2.24, 2.45) is 0 Å². The van der Waals surface area contributed by atoms with Crippen LogP contribution in [-0.4, -0.2) is 18.6 Å². The minimum atomic E-state index is 0.00149. The molecule has 3 nitrogen and oxygen atoms in total. The second-order valence-corrected chi connectivity index (χ2v) is 4.54. The Morgan fingerprint density at radius 1 is 1.32 bits per heavy atom. The van der Waals surface area contributed by atoms with Crippen molar-refractivity contribution in [1.29, 1.82) is 0 Å². The lowest BCUT2D eigenvalue weighted by Gasteiger charge is -2.18. The maximum absolute atomic E-state index is 6.26. The molecule has 0 radical (unpaired) electrons. The molecule has 0 aliphatic heterocycles. The number of hydrogen-bond donors (Lipinski definition) is 1. The Hall–Kier alpha value is -1.58. The molecule has 0 bridgehead atoms. The van der Waals surface area contributed by atoms with E-state index in [0.717, 1.165) is 21.9 Å². The molecule has 0 aliphatic rings. The number of ether oxygens (including phenoxy) is 1. The number of pyridine rings is 1. The largest absolute Gasteiger partial charge is 0.492 e. The molecule has 19 heavy (non-hydrogen) atoms. The normalized spacial score (nSPS) is 12.2. The van der Waals surface area contributed by atoms with Crippen molar-refractivity contribution in [2.75, 3.05) is 13.7 Å². The fourth-order valence-electron chi connectivity index (χ4n) is 2.05. The van der Waals surface area contributed by atoms with Crippen LogP contribution in [0, 0.1) is 0 Å². The molecule has 2 rings (SSSR count). The first kappa shape index (κ1) is 13.8. The molecule has 1 aromatic heterocycles. The van der Waals surface area contributed by atoms with E-state index in [9.17, 15) is 0 Å². The summed E-state index contributed by atoms with van der Waals surface area (Å²) < 4.78 is 5.48. The first-order valence-electron chi connectivity index (χ1n) is 6.25. The van der Waals surface area contributed by atoms with Gasteiger partial charge in [-0.2, -0.15) is 0 Å². The van der Waals surface area contributed by atoms with Crippen LogP contribution in [0.5, 0.6) is 5.75 Å². The molecule has 0 saturated carbocycles. The van der Waals surface area contributed by atoms with Crippen molar-refractivity contribution in [1.82, 2.24) is 10.3 Å². The molecule has 1 aromatic carbocycles. The van der Waals surface area contributed by atoms with E-state index in [-0.39, 0.29) is 6.04 Å². The van der Waals surface area contributed by atoms with Gasteiger partial charge in [-0.25, -0.2) is 0 Å². The van der Waals surface area contributed by atoms with Gasteiger partial charge in [0.25, 0.3) is 0 Å². The maximum Gasteiger partial charge on any atom is 0.137 e. The van der Waals surface area contributed by atoms with Crippen molar-refractivity contribution in [3.05, 3.63) is 58.9 Å². The van der Waals surface area contributed by atoms with Crippen LogP contribution >= 0.6 is 11.6 Å². The summed E-state index contributed by atoms with van der Waals surface area (Å²) in [5.74, 6) is 0.771. The number of nitrogens with one attached hydrogen (secondary N) is 1. The molecule has 0 fully saturated rings. The Kier molecular flexibility index (Phi) is 4.77. The lowest BCUT2D eigenvalue weighted by molar-refractivity contribution is 0.338. The number of benzene rings is 1. The monoisotopic (exact) mass is 276 g/mol. The summed E-state index contributed by atoms with van der Waals surface area (Å²) in [6.45, 7) is 2.58. The van der Waals surface area contributed by atoms with Gasteiger partial charge in [0.15, 0.2) is 0 Å². The van der Waals surface area contributed by atoms with Gasteiger partial charge in [-0.05, 0) is 37.2 Å². The molecule has 0 saturated heterocycles. The summed E-state index contributed by atoms with van der Waals surface area (Å²) in [7, 11) is 1.90. The first-order chi connectivity index (χ1) is 9.26. The Bertz CT molecular complexity index is 545. The van der Waals surface area contributed by atoms with Crippen LogP contribution in [0.15, 0.2) is 42.7 Å². The first-order valence-corrected chi connectivity index (χ1v) is 6.63. The standard InChI is InChI=1S/C15H17ClN2O/c1-3-19-12-8-11(9-18-10-12)15(17-2)13-6-4-5-7-14(13)16/h4-10,15,17H,3H2,1-2H3. The smallest absolute Gasteiger partial charge is 0.137 e. The second-order valence-electron chi connectivity index (χ2n) is 4.13. The zero-order valence-electron chi connectivity index (χ0n) is 11.1. The van der Waals surface area contributed by atoms with Gasteiger partial charge in [-0.15, -0.1) is 0 Å². The molecular formula is C15H17ClN2O. The quantitative estimate of drug-likeness (QED) is 0.908. The van der Waals surface area contributed by atoms with E-state index in [4.69, 9.17) is 16.3 Å². The van der Waals surface area contributed by atoms with Gasteiger partial charge >= 0.3 is 0 Å². The predicted octanol–water partition coefficient (Wildman–Crippen LogP) is 3.44. The third kappa shape index (κ3) is 3.25. The van der Waals surface area contributed by atoms with Crippen molar-refractivity contribution < 1.29 is 4.74 Å². The number of nitrogens with zero attached hydrogens (tertiary/aromatic N) is 1. The van der Waals surface area contributed by atoms with Gasteiger partial charge in [0.1, 0.15) is 5.75 Å². The summed E-state index contributed by atoms with van der Waals surface area (Å²) in [6, 6.07) is 9.79. The Morgan fingerprint density at radius 3 is 2.79 bits per heavy atom. The summed E-state index contributed by atoms with van der Waals surface area (Å²) in [6.07, 6.45) is 3.54. The van der Waals surface area contributed by atoms with Gasteiger partial charge in [0.05, 0.1) is 18.8 Å². The van der Waals surface area contributed by atoms with Gasteiger partial charge < -0.3 is 10.1 Å². The zero-order valence-corrected chi connectivity index (χ0v) is 11.8. The number of hydrogen-bond acceptors (Lipinski definition) is 3. The molecule has 1 N–H and O–H groups in total. The highest BCUT2D eigenvalue weighted by Crippen LogP contribution is 2.28.